The summed E-state index contributed by atoms with van der Waals surface area (Å²) in [4.78, 5) is 2.57. The molecule has 2 fully saturated rings. The van der Waals surface area contributed by atoms with Gasteiger partial charge in [-0.2, -0.15) is 0 Å². The van der Waals surface area contributed by atoms with Crippen LogP contribution >= 0.6 is 0 Å². The topological polar surface area (TPSA) is 35.5 Å². The molecule has 2 saturated heterocycles. The summed E-state index contributed by atoms with van der Waals surface area (Å²) >= 11 is 0. The number of fused-ring (bicyclic) bond motifs is 1. The first kappa shape index (κ1) is 8.48. The highest BCUT2D eigenvalue weighted by Crippen LogP contribution is 2.20. The molecule has 2 atom stereocenters. The molecule has 0 aromatic heterocycles. The summed E-state index contributed by atoms with van der Waals surface area (Å²) in [5.74, 6) is 0. The zero-order chi connectivity index (χ0) is 8.39. The molecule has 0 aliphatic carbocycles. The van der Waals surface area contributed by atoms with Crippen molar-refractivity contribution in [3.63, 3.8) is 0 Å². The SMILES string of the molecule is OCCC1CN2CCCC2CN1. The Labute approximate surface area is 73.8 Å². The van der Waals surface area contributed by atoms with Crippen molar-refractivity contribution in [3.8, 4) is 0 Å². The van der Waals surface area contributed by atoms with Crippen LogP contribution in [0.1, 0.15) is 19.3 Å². The molecule has 2 N–H and O–H groups in total. The fourth-order valence-corrected chi connectivity index (χ4v) is 2.37. The number of aliphatic hydroxyl groups is 1. The van der Waals surface area contributed by atoms with Crippen molar-refractivity contribution in [1.29, 1.82) is 0 Å². The Morgan fingerprint density at radius 2 is 2.42 bits per heavy atom. The molecule has 2 unspecified atom stereocenters. The van der Waals surface area contributed by atoms with Crippen LogP contribution in [0.2, 0.25) is 0 Å². The lowest BCUT2D eigenvalue weighted by Crippen LogP contribution is -2.53. The molecular weight excluding hydrogens is 152 g/mol. The van der Waals surface area contributed by atoms with Gasteiger partial charge in [0.15, 0.2) is 0 Å². The maximum Gasteiger partial charge on any atom is 0.0446 e. The van der Waals surface area contributed by atoms with E-state index in [1.54, 1.807) is 0 Å². The highest BCUT2D eigenvalue weighted by atomic mass is 16.3. The first-order chi connectivity index (χ1) is 5.90. The lowest BCUT2D eigenvalue weighted by Gasteiger charge is -2.35. The van der Waals surface area contributed by atoms with Gasteiger partial charge in [0.25, 0.3) is 0 Å². The highest BCUT2D eigenvalue weighted by molar-refractivity contribution is 4.89. The van der Waals surface area contributed by atoms with Crippen LogP contribution in [0.3, 0.4) is 0 Å². The molecular formula is C9H18N2O. The molecule has 3 heteroatoms. The second-order valence-electron chi connectivity index (χ2n) is 3.91. The molecule has 0 radical (unpaired) electrons. The lowest BCUT2D eigenvalue weighted by molar-refractivity contribution is 0.152. The second kappa shape index (κ2) is 3.73. The highest BCUT2D eigenvalue weighted by Gasteiger charge is 2.30. The van der Waals surface area contributed by atoms with Crippen molar-refractivity contribution in [2.24, 2.45) is 0 Å². The van der Waals surface area contributed by atoms with Crippen molar-refractivity contribution in [1.82, 2.24) is 10.2 Å². The molecule has 12 heavy (non-hydrogen) atoms. The Kier molecular flexibility index (Phi) is 2.63. The van der Waals surface area contributed by atoms with Gasteiger partial charge >= 0.3 is 0 Å². The maximum absolute atomic E-state index is 8.80. The molecule has 0 aromatic rings. The van der Waals surface area contributed by atoms with Gasteiger partial charge in [-0.3, -0.25) is 4.90 Å². The van der Waals surface area contributed by atoms with Crippen LogP contribution in [0.5, 0.6) is 0 Å². The van der Waals surface area contributed by atoms with Gasteiger partial charge in [-0.05, 0) is 25.8 Å². The van der Waals surface area contributed by atoms with E-state index in [1.807, 2.05) is 0 Å². The van der Waals surface area contributed by atoms with E-state index in [0.29, 0.717) is 12.6 Å². The predicted molar refractivity (Wildman–Crippen MR) is 48.1 cm³/mol. The number of piperazine rings is 1. The number of rotatable bonds is 2. The van der Waals surface area contributed by atoms with E-state index >= 15 is 0 Å². The van der Waals surface area contributed by atoms with Gasteiger partial charge < -0.3 is 10.4 Å². The van der Waals surface area contributed by atoms with E-state index in [4.69, 9.17) is 5.11 Å². The molecule has 2 aliphatic rings. The summed E-state index contributed by atoms with van der Waals surface area (Å²) in [6, 6.07) is 1.32. The van der Waals surface area contributed by atoms with Crippen LogP contribution < -0.4 is 5.32 Å². The molecule has 0 spiro atoms. The van der Waals surface area contributed by atoms with Crippen LogP contribution in [0.25, 0.3) is 0 Å². The summed E-state index contributed by atoms with van der Waals surface area (Å²) < 4.78 is 0. The van der Waals surface area contributed by atoms with Gasteiger partial charge in [0.1, 0.15) is 0 Å². The van der Waals surface area contributed by atoms with Gasteiger partial charge in [-0.25, -0.2) is 0 Å². The van der Waals surface area contributed by atoms with Crippen LogP contribution in [0.15, 0.2) is 0 Å². The van der Waals surface area contributed by atoms with Crippen LogP contribution in [-0.2, 0) is 0 Å². The first-order valence-electron chi connectivity index (χ1n) is 4.98. The van der Waals surface area contributed by atoms with E-state index in [-0.39, 0.29) is 0 Å². The van der Waals surface area contributed by atoms with E-state index in [0.717, 1.165) is 25.6 Å². The van der Waals surface area contributed by atoms with Gasteiger partial charge in [-0.15, -0.1) is 0 Å². The molecule has 0 aromatic carbocycles. The number of hydrogen-bond acceptors (Lipinski definition) is 3. The molecule has 70 valence electrons. The fourth-order valence-electron chi connectivity index (χ4n) is 2.37. The minimum absolute atomic E-state index is 0.316. The Hall–Kier alpha value is -0.120. The van der Waals surface area contributed by atoms with Crippen molar-refractivity contribution in [3.05, 3.63) is 0 Å². The minimum Gasteiger partial charge on any atom is -0.396 e. The molecule has 2 aliphatic heterocycles. The Morgan fingerprint density at radius 3 is 3.25 bits per heavy atom. The zero-order valence-electron chi connectivity index (χ0n) is 7.50. The van der Waals surface area contributed by atoms with Crippen molar-refractivity contribution >= 4 is 0 Å². The standard InChI is InChI=1S/C9H18N2O/c12-5-3-8-7-11-4-1-2-9(11)6-10-8/h8-10,12H,1-7H2. The molecule has 0 saturated carbocycles. The molecule has 0 amide bonds. The average molecular weight is 170 g/mol. The normalized spacial score (nSPS) is 36.8. The largest absolute Gasteiger partial charge is 0.396 e. The smallest absolute Gasteiger partial charge is 0.0446 e. The summed E-state index contributed by atoms with van der Waals surface area (Å²) in [6.45, 7) is 3.86. The van der Waals surface area contributed by atoms with Crippen LogP contribution in [0.4, 0.5) is 0 Å². The van der Waals surface area contributed by atoms with Crippen molar-refractivity contribution in [2.75, 3.05) is 26.2 Å². The number of aliphatic hydroxyl groups excluding tert-OH is 1. The second-order valence-corrected chi connectivity index (χ2v) is 3.91. The average Bonchev–Trinajstić information content (AvgIpc) is 2.51. The molecule has 3 nitrogen and oxygen atoms in total. The summed E-state index contributed by atoms with van der Waals surface area (Å²) in [5.41, 5.74) is 0. The predicted octanol–water partition coefficient (Wildman–Crippen LogP) is -0.195. The maximum atomic E-state index is 8.80. The van der Waals surface area contributed by atoms with E-state index < -0.39 is 0 Å². The first-order valence-corrected chi connectivity index (χ1v) is 4.98. The van der Waals surface area contributed by atoms with Gasteiger partial charge in [0, 0.05) is 31.8 Å². The number of hydrogen-bond donors (Lipinski definition) is 2. The third-order valence-corrected chi connectivity index (χ3v) is 3.07. The van der Waals surface area contributed by atoms with E-state index in [2.05, 4.69) is 10.2 Å². The van der Waals surface area contributed by atoms with Crippen LogP contribution in [0, 0.1) is 0 Å². The Bertz CT molecular complexity index is 151. The van der Waals surface area contributed by atoms with E-state index in [1.165, 1.54) is 19.4 Å². The van der Waals surface area contributed by atoms with Gasteiger partial charge in [0.2, 0.25) is 0 Å². The molecule has 0 bridgehead atoms. The third-order valence-electron chi connectivity index (χ3n) is 3.07. The number of nitrogens with zero attached hydrogens (tertiary/aromatic N) is 1. The van der Waals surface area contributed by atoms with E-state index in [9.17, 15) is 0 Å². The van der Waals surface area contributed by atoms with Crippen LogP contribution in [-0.4, -0.2) is 48.3 Å². The summed E-state index contributed by atoms with van der Waals surface area (Å²) in [6.07, 6.45) is 3.63. The van der Waals surface area contributed by atoms with Gasteiger partial charge in [0.05, 0.1) is 0 Å². The summed E-state index contributed by atoms with van der Waals surface area (Å²) in [5, 5.41) is 12.3. The van der Waals surface area contributed by atoms with Crippen molar-refractivity contribution in [2.45, 2.75) is 31.3 Å². The lowest BCUT2D eigenvalue weighted by atomic mass is 10.1. The minimum atomic E-state index is 0.316. The Balaban J connectivity index is 1.84. The molecule has 2 heterocycles. The fraction of sp³-hybridized carbons (Fsp3) is 1.00. The quantitative estimate of drug-likeness (QED) is 0.603. The third kappa shape index (κ3) is 1.63. The zero-order valence-corrected chi connectivity index (χ0v) is 7.50. The molecule has 2 rings (SSSR count). The Morgan fingerprint density at radius 1 is 1.50 bits per heavy atom. The summed E-state index contributed by atoms with van der Waals surface area (Å²) in [7, 11) is 0. The van der Waals surface area contributed by atoms with Crippen molar-refractivity contribution < 1.29 is 5.11 Å². The number of nitrogens with one attached hydrogen (secondary N) is 1. The van der Waals surface area contributed by atoms with Gasteiger partial charge in [-0.1, -0.05) is 0 Å². The monoisotopic (exact) mass is 170 g/mol.